The number of nitrogens with one attached hydrogen (secondary N) is 3. The fourth-order valence-electron chi connectivity index (χ4n) is 6.67. The number of fused-ring (bicyclic) bond motifs is 3. The standard InChI is InChI=1S/C34H38FN5O7S/c35-22-10-8-11-23(17-22)36-27-13-5-3-1-2-4-9-21-19-34(21,32(43)39-48(44,45)25-15-16-25)38-30(41)28-18-24(20-40(28)31(27)42)46-33-37-26-12-6-7-14-29(26)47-33/h4,6-12,14,17,21,24-25,27-28,36H,1-3,5,13,15-16,18-20H2,(H,38,41)(H,39,43)/t21-,24-,27+,28+,34-/m1/s1. The number of ether oxygens (including phenoxy) is 1. The van der Waals surface area contributed by atoms with E-state index in [1.165, 1.54) is 17.0 Å². The number of oxazole rings is 1. The highest BCUT2D eigenvalue weighted by Gasteiger charge is 2.62. The second-order valence-electron chi connectivity index (χ2n) is 13.1. The van der Waals surface area contributed by atoms with Gasteiger partial charge in [0.25, 0.3) is 5.91 Å². The third-order valence-electron chi connectivity index (χ3n) is 9.55. The molecule has 1 aromatic heterocycles. The number of aromatic nitrogens is 1. The molecule has 48 heavy (non-hydrogen) atoms. The molecule has 0 bridgehead atoms. The molecule has 1 saturated heterocycles. The van der Waals surface area contributed by atoms with E-state index in [9.17, 15) is 27.2 Å². The van der Waals surface area contributed by atoms with Gasteiger partial charge < -0.3 is 24.7 Å². The van der Waals surface area contributed by atoms with Crippen molar-refractivity contribution in [3.63, 3.8) is 0 Å². The lowest BCUT2D eigenvalue weighted by Crippen LogP contribution is -2.57. The molecule has 0 spiro atoms. The van der Waals surface area contributed by atoms with Gasteiger partial charge >= 0.3 is 6.08 Å². The van der Waals surface area contributed by atoms with Crippen LogP contribution in [0, 0.1) is 11.7 Å². The van der Waals surface area contributed by atoms with Crippen molar-refractivity contribution in [2.75, 3.05) is 11.9 Å². The summed E-state index contributed by atoms with van der Waals surface area (Å²) in [6, 6.07) is 11.2. The Balaban J connectivity index is 1.18. The molecule has 3 N–H and O–H groups in total. The summed E-state index contributed by atoms with van der Waals surface area (Å²) >= 11 is 0. The van der Waals surface area contributed by atoms with Crippen molar-refractivity contribution in [1.82, 2.24) is 19.9 Å². The maximum absolute atomic E-state index is 14.3. The zero-order valence-corrected chi connectivity index (χ0v) is 27.1. The van der Waals surface area contributed by atoms with Crippen LogP contribution in [-0.4, -0.2) is 71.5 Å². The number of rotatable bonds is 7. The van der Waals surface area contributed by atoms with Crippen LogP contribution in [0.25, 0.3) is 11.1 Å². The fourth-order valence-corrected chi connectivity index (χ4v) is 8.03. The van der Waals surface area contributed by atoms with E-state index >= 15 is 0 Å². The molecule has 3 amide bonds. The van der Waals surface area contributed by atoms with Gasteiger partial charge in [0.15, 0.2) is 5.58 Å². The molecule has 2 saturated carbocycles. The van der Waals surface area contributed by atoms with Gasteiger partial charge in [0.05, 0.1) is 11.8 Å². The van der Waals surface area contributed by atoms with Gasteiger partial charge in [0, 0.05) is 18.0 Å². The molecule has 3 aromatic rings. The van der Waals surface area contributed by atoms with Crippen LogP contribution in [0.15, 0.2) is 65.1 Å². The Hall–Kier alpha value is -4.46. The Bertz CT molecular complexity index is 1830. The number of amides is 3. The average Bonchev–Trinajstić information content (AvgIpc) is 3.94. The van der Waals surface area contributed by atoms with E-state index in [0.717, 1.165) is 19.3 Å². The minimum absolute atomic E-state index is 0.000223. The third-order valence-corrected chi connectivity index (χ3v) is 11.4. The van der Waals surface area contributed by atoms with Gasteiger partial charge in [-0.3, -0.25) is 19.1 Å². The first-order valence-corrected chi connectivity index (χ1v) is 18.1. The van der Waals surface area contributed by atoms with Gasteiger partial charge in [-0.05, 0) is 68.9 Å². The highest BCUT2D eigenvalue weighted by atomic mass is 32.2. The van der Waals surface area contributed by atoms with Crippen molar-refractivity contribution in [2.24, 2.45) is 5.92 Å². The third kappa shape index (κ3) is 6.75. The predicted molar refractivity (Wildman–Crippen MR) is 174 cm³/mol. The van der Waals surface area contributed by atoms with Crippen LogP contribution in [-0.2, 0) is 24.4 Å². The SMILES string of the molecule is O=C1N[C@]2(C(=O)NS(=O)(=O)C3CC3)C[C@H]2C=CCCCCC[C@H](Nc2cccc(F)c2)C(=O)N2C[C@H](Oc3nc4ccccc4o3)C[C@@H]12. The number of carbonyl (C=O) groups excluding carboxylic acids is 3. The summed E-state index contributed by atoms with van der Waals surface area (Å²) in [4.78, 5) is 47.9. The summed E-state index contributed by atoms with van der Waals surface area (Å²) in [6.07, 6.45) is 7.93. The summed E-state index contributed by atoms with van der Waals surface area (Å²) in [7, 11) is -3.86. The minimum Gasteiger partial charge on any atom is -0.445 e. The summed E-state index contributed by atoms with van der Waals surface area (Å²) in [5.74, 6) is -2.60. The van der Waals surface area contributed by atoms with E-state index in [1.54, 1.807) is 30.3 Å². The second kappa shape index (κ2) is 12.9. The molecule has 4 aliphatic rings. The van der Waals surface area contributed by atoms with E-state index in [2.05, 4.69) is 20.3 Å². The minimum atomic E-state index is -3.86. The van der Waals surface area contributed by atoms with Crippen molar-refractivity contribution >= 4 is 44.5 Å². The number of hydrogen-bond donors (Lipinski definition) is 3. The summed E-state index contributed by atoms with van der Waals surface area (Å²) < 4.78 is 53.6. The monoisotopic (exact) mass is 679 g/mol. The Morgan fingerprint density at radius 1 is 1.08 bits per heavy atom. The van der Waals surface area contributed by atoms with Gasteiger partial charge in [-0.1, -0.05) is 43.2 Å². The molecular formula is C34H38FN5O7S. The number of anilines is 1. The first kappa shape index (κ1) is 32.1. The number of nitrogens with zero attached hydrogens (tertiary/aromatic N) is 2. The molecule has 254 valence electrons. The molecule has 5 atom stereocenters. The first-order valence-electron chi connectivity index (χ1n) is 16.5. The Morgan fingerprint density at radius 2 is 1.92 bits per heavy atom. The zero-order valence-electron chi connectivity index (χ0n) is 26.3. The van der Waals surface area contributed by atoms with Crippen LogP contribution in [0.4, 0.5) is 10.1 Å². The topological polar surface area (TPSA) is 160 Å². The first-order chi connectivity index (χ1) is 23.1. The highest BCUT2D eigenvalue weighted by molar-refractivity contribution is 7.91. The number of carbonyl (C=O) groups is 3. The summed E-state index contributed by atoms with van der Waals surface area (Å²) in [6.45, 7) is 0.0234. The molecule has 0 radical (unpaired) electrons. The number of hydrogen-bond acceptors (Lipinski definition) is 9. The maximum Gasteiger partial charge on any atom is 0.394 e. The number of halogens is 1. The predicted octanol–water partition coefficient (Wildman–Crippen LogP) is 3.80. The molecule has 3 heterocycles. The van der Waals surface area contributed by atoms with Crippen molar-refractivity contribution in [3.8, 4) is 6.08 Å². The van der Waals surface area contributed by atoms with Gasteiger partial charge in [-0.25, -0.2) is 12.8 Å². The van der Waals surface area contributed by atoms with Crippen molar-refractivity contribution in [2.45, 2.75) is 86.8 Å². The lowest BCUT2D eigenvalue weighted by Gasteiger charge is -2.30. The van der Waals surface area contributed by atoms with Crippen LogP contribution >= 0.6 is 0 Å². The van der Waals surface area contributed by atoms with Crippen molar-refractivity contribution < 1.29 is 36.3 Å². The van der Waals surface area contributed by atoms with Crippen molar-refractivity contribution in [1.29, 1.82) is 0 Å². The van der Waals surface area contributed by atoms with Gasteiger partial charge in [0.2, 0.25) is 21.8 Å². The smallest absolute Gasteiger partial charge is 0.394 e. The van der Waals surface area contributed by atoms with E-state index in [1.807, 2.05) is 18.2 Å². The van der Waals surface area contributed by atoms with Crippen LogP contribution in [0.2, 0.25) is 0 Å². The van der Waals surface area contributed by atoms with E-state index in [-0.39, 0.29) is 31.4 Å². The summed E-state index contributed by atoms with van der Waals surface area (Å²) in [5.41, 5.74) is 0.0796. The van der Waals surface area contributed by atoms with Crippen LogP contribution < -0.4 is 20.1 Å². The molecule has 2 aliphatic carbocycles. The largest absolute Gasteiger partial charge is 0.445 e. The van der Waals surface area contributed by atoms with E-state index in [4.69, 9.17) is 9.15 Å². The van der Waals surface area contributed by atoms with Gasteiger partial charge in [-0.2, -0.15) is 4.98 Å². The molecule has 0 unspecified atom stereocenters. The van der Waals surface area contributed by atoms with Crippen LogP contribution in [0.3, 0.4) is 0 Å². The molecule has 7 rings (SSSR count). The normalized spacial score (nSPS) is 28.1. The van der Waals surface area contributed by atoms with Crippen LogP contribution in [0.5, 0.6) is 6.08 Å². The van der Waals surface area contributed by atoms with E-state index < -0.39 is 62.5 Å². The van der Waals surface area contributed by atoms with Gasteiger partial charge in [0.1, 0.15) is 35.1 Å². The molecule has 3 fully saturated rings. The molecule has 12 nitrogen and oxygen atoms in total. The van der Waals surface area contributed by atoms with Crippen molar-refractivity contribution in [3.05, 3.63) is 66.5 Å². The lowest BCUT2D eigenvalue weighted by atomic mass is 10.0. The molecule has 14 heteroatoms. The Morgan fingerprint density at radius 3 is 2.71 bits per heavy atom. The van der Waals surface area contributed by atoms with Crippen LogP contribution in [0.1, 0.15) is 57.8 Å². The van der Waals surface area contributed by atoms with E-state index in [0.29, 0.717) is 42.5 Å². The molecular weight excluding hydrogens is 641 g/mol. The Kier molecular flexibility index (Phi) is 8.60. The average molecular weight is 680 g/mol. The second-order valence-corrected chi connectivity index (χ2v) is 15.1. The zero-order chi connectivity index (χ0) is 33.5. The number of allylic oxidation sites excluding steroid dienone is 1. The maximum atomic E-state index is 14.3. The lowest BCUT2D eigenvalue weighted by molar-refractivity contribution is -0.140. The summed E-state index contributed by atoms with van der Waals surface area (Å²) in [5, 5.41) is 5.43. The number of sulfonamides is 1. The number of para-hydroxylation sites is 2. The van der Waals surface area contributed by atoms with Gasteiger partial charge in [-0.15, -0.1) is 0 Å². The highest BCUT2D eigenvalue weighted by Crippen LogP contribution is 2.46. The number of benzene rings is 2. The molecule has 2 aliphatic heterocycles. The fraction of sp³-hybridized carbons (Fsp3) is 0.471. The molecule has 2 aromatic carbocycles. The quantitative estimate of drug-likeness (QED) is 0.316. The Labute approximate surface area is 277 Å².